The van der Waals surface area contributed by atoms with Gasteiger partial charge in [0.1, 0.15) is 22.9 Å². The van der Waals surface area contributed by atoms with Gasteiger partial charge in [0.05, 0.1) is 58.8 Å². The minimum atomic E-state index is -4.21. The molecule has 0 fully saturated rings. The van der Waals surface area contributed by atoms with Crippen molar-refractivity contribution in [1.82, 2.24) is 0 Å². The number of ether oxygens (including phenoxy) is 2. The van der Waals surface area contributed by atoms with Gasteiger partial charge in [0, 0.05) is 28.2 Å². The van der Waals surface area contributed by atoms with Gasteiger partial charge < -0.3 is 19.9 Å². The van der Waals surface area contributed by atoms with E-state index in [-0.39, 0.29) is 43.3 Å². The van der Waals surface area contributed by atoms with E-state index in [0.717, 1.165) is 49.8 Å². The number of aromatic hydroxyl groups is 1. The minimum absolute atomic E-state index is 0.0120. The molecule has 0 spiro atoms. The minimum Gasteiger partial charge on any atom is -0.505 e. The van der Waals surface area contributed by atoms with Crippen LogP contribution in [0.15, 0.2) is 174 Å². The third-order valence-corrected chi connectivity index (χ3v) is 13.7. The lowest BCUT2D eigenvalue weighted by Crippen LogP contribution is -2.08. The maximum absolute atomic E-state index is 11.5. The molecule has 24 nitrogen and oxygen atoms in total. The monoisotopic (exact) mass is 1220 g/mol. The molecular formula is C56H55N9O15S4. The fourth-order valence-corrected chi connectivity index (χ4v) is 9.01. The lowest BCUT2D eigenvalue weighted by molar-refractivity contribution is 0.312. The molecule has 0 radical (unpaired) electrons. The van der Waals surface area contributed by atoms with Gasteiger partial charge in [0.2, 0.25) is 0 Å². The molecule has 0 amide bonds. The van der Waals surface area contributed by atoms with E-state index in [0.29, 0.717) is 68.6 Å². The Labute approximate surface area is 486 Å². The van der Waals surface area contributed by atoms with Crippen LogP contribution < -0.4 is 14.8 Å². The molecule has 0 aliphatic heterocycles. The number of hydrogen-bond acceptors (Lipinski definition) is 22. The number of aryl methyl sites for hydroxylation is 5. The number of azo groups is 4. The second-order valence-corrected chi connectivity index (χ2v) is 22.5. The van der Waals surface area contributed by atoms with Gasteiger partial charge in [-0.15, -0.1) is 35.5 Å². The Morgan fingerprint density at radius 3 is 1.44 bits per heavy atom. The maximum Gasteiger partial charge on any atom is 0.425 e. The third-order valence-electron chi connectivity index (χ3n) is 12.1. The molecule has 4 N–H and O–H groups in total. The number of nitrogens with one attached hydrogen (secondary N) is 1. The quantitative estimate of drug-likeness (QED) is 0.0295. The van der Waals surface area contributed by atoms with Gasteiger partial charge in [-0.05, 0) is 177 Å². The van der Waals surface area contributed by atoms with Crippen molar-refractivity contribution >= 4 is 120 Å². The van der Waals surface area contributed by atoms with Crippen LogP contribution in [0.25, 0.3) is 21.5 Å². The van der Waals surface area contributed by atoms with Gasteiger partial charge in [0.15, 0.2) is 5.75 Å². The first kappa shape index (κ1) is 64.1. The van der Waals surface area contributed by atoms with E-state index in [1.807, 2.05) is 138 Å². The molecule has 0 heterocycles. The van der Waals surface area contributed by atoms with Crippen LogP contribution >= 0.6 is 0 Å². The molecule has 8 aromatic rings. The highest BCUT2D eigenvalue weighted by Crippen LogP contribution is 2.41. The molecule has 28 heteroatoms. The van der Waals surface area contributed by atoms with E-state index < -0.39 is 47.2 Å². The lowest BCUT2D eigenvalue weighted by atomic mass is 10.1. The predicted molar refractivity (Wildman–Crippen MR) is 316 cm³/mol. The normalized spacial score (nSPS) is 11.7. The van der Waals surface area contributed by atoms with E-state index in [1.165, 1.54) is 0 Å². The van der Waals surface area contributed by atoms with Crippen molar-refractivity contribution in [3.05, 3.63) is 161 Å². The first-order valence-electron chi connectivity index (χ1n) is 25.2. The number of rotatable bonds is 21. The molecule has 8 rings (SSSR count). The van der Waals surface area contributed by atoms with Crippen LogP contribution in [-0.4, -0.2) is 81.0 Å². The molecule has 0 aliphatic rings. The van der Waals surface area contributed by atoms with Crippen molar-refractivity contribution in [2.24, 2.45) is 40.9 Å². The number of anilines is 2. The third kappa shape index (κ3) is 20.1. The Morgan fingerprint density at radius 2 is 0.881 bits per heavy atom. The summed E-state index contributed by atoms with van der Waals surface area (Å²) in [7, 11) is -14.5. The number of unbranched alkanes of at least 4 members (excludes halogenated alkanes) is 1. The fourth-order valence-electron chi connectivity index (χ4n) is 7.96. The van der Waals surface area contributed by atoms with Crippen molar-refractivity contribution in [3.8, 4) is 17.2 Å². The van der Waals surface area contributed by atoms with Crippen LogP contribution in [0.1, 0.15) is 47.1 Å². The van der Waals surface area contributed by atoms with Crippen molar-refractivity contribution in [2.75, 3.05) is 30.0 Å². The molecule has 84 heavy (non-hydrogen) atoms. The van der Waals surface area contributed by atoms with E-state index in [9.17, 15) is 26.5 Å². The summed E-state index contributed by atoms with van der Waals surface area (Å²) < 4.78 is 126. The molecule has 0 unspecified atom stereocenters. The summed E-state index contributed by atoms with van der Waals surface area (Å²) in [4.78, 5) is 0. The SMILES string of the molecule is Cc1cc(N=Nc2cc(C)c(N=Nc3cc(C)c(N=Nc4ccc5cc(Nc6ccccc6)ccc5c4O)cc3C)cc2C)c(OCCCS(=O)(=O)O)cc1N=Nc1ccc2cccc(OCCCCS(=O)(=O)O)c2c1.O=S(=O)=O.O=S(=O)=O. The molecular weight excluding hydrogens is 1170 g/mol. The van der Waals surface area contributed by atoms with Crippen molar-refractivity contribution in [3.63, 3.8) is 0 Å². The van der Waals surface area contributed by atoms with E-state index in [2.05, 4.69) is 46.2 Å². The van der Waals surface area contributed by atoms with Gasteiger partial charge in [-0.2, -0.15) is 47.5 Å². The van der Waals surface area contributed by atoms with Crippen molar-refractivity contribution in [2.45, 2.75) is 53.9 Å². The van der Waals surface area contributed by atoms with Gasteiger partial charge >= 0.3 is 21.2 Å². The lowest BCUT2D eigenvalue weighted by Gasteiger charge is -2.11. The molecule has 0 aliphatic carbocycles. The number of hydrogen-bond donors (Lipinski definition) is 4. The average molecular weight is 1220 g/mol. The van der Waals surface area contributed by atoms with Gasteiger partial charge in [-0.1, -0.05) is 42.5 Å². The first-order chi connectivity index (χ1) is 39.8. The highest BCUT2D eigenvalue weighted by atomic mass is 32.2. The Morgan fingerprint density at radius 1 is 0.417 bits per heavy atom. The number of nitrogens with zero attached hydrogens (tertiary/aromatic N) is 8. The predicted octanol–water partition coefficient (Wildman–Crippen LogP) is 14.3. The highest BCUT2D eigenvalue weighted by Gasteiger charge is 2.14. The zero-order valence-electron chi connectivity index (χ0n) is 45.6. The van der Waals surface area contributed by atoms with E-state index >= 15 is 0 Å². The summed E-state index contributed by atoms with van der Waals surface area (Å²) in [6, 6.07) is 41.2. The molecule has 0 bridgehead atoms. The number of benzene rings is 8. The smallest absolute Gasteiger partial charge is 0.425 e. The summed E-state index contributed by atoms with van der Waals surface area (Å²) in [5.74, 6) is 0.0516. The zero-order valence-corrected chi connectivity index (χ0v) is 48.9. The number of phenols is 1. The topological polar surface area (TPSA) is 361 Å². The van der Waals surface area contributed by atoms with Crippen LogP contribution in [-0.2, 0) is 41.5 Å². The Balaban J connectivity index is 0.00000133. The summed E-state index contributed by atoms with van der Waals surface area (Å²) >= 11 is 0. The van der Waals surface area contributed by atoms with Crippen molar-refractivity contribution in [1.29, 1.82) is 0 Å². The van der Waals surface area contributed by atoms with E-state index in [1.54, 1.807) is 30.3 Å². The zero-order chi connectivity index (χ0) is 61.1. The van der Waals surface area contributed by atoms with Crippen LogP contribution in [0.4, 0.5) is 56.9 Å². The van der Waals surface area contributed by atoms with Crippen LogP contribution in [0.3, 0.4) is 0 Å². The molecule has 0 saturated carbocycles. The molecule has 0 aromatic heterocycles. The van der Waals surface area contributed by atoms with Crippen LogP contribution in [0, 0.1) is 34.6 Å². The summed E-state index contributed by atoms with van der Waals surface area (Å²) in [5, 5.41) is 53.9. The molecule has 8 aromatic carbocycles. The fraction of sp³-hybridized carbons (Fsp3) is 0.214. The standard InChI is InChI=1S/C56H55N9O9S2.2O3S/c1-35-28-49(36(2)27-48(35)61-59-47-22-18-41-32-43(20-21-45(41)56(47)66)57-42-14-7-6-8-15-42)62-63-50-29-38(4)51(30-37(50)3)64-65-53-31-39(5)52(34-55(53)74-24-12-26-76(70,71)72)60-58-44-19-17-40-13-11-16-54(46(40)33-44)73-23-9-10-25-75(67,68)69;2*1-4(2)3/h6-8,11,13-22,27-34,57,66H,9-10,12,23-26H2,1-5H3,(H,67,68,69)(H,70,71,72);;. The van der Waals surface area contributed by atoms with Crippen LogP contribution in [0.2, 0.25) is 0 Å². The Hall–Kier alpha value is -9.06. The Bertz CT molecular complexity index is 4280. The Kier molecular flexibility index (Phi) is 22.7. The molecule has 0 saturated heterocycles. The number of phenolic OH excluding ortho intramolecular Hbond substituents is 1. The second-order valence-electron chi connectivity index (χ2n) is 18.5. The summed E-state index contributed by atoms with van der Waals surface area (Å²) in [5.41, 5.74) is 9.89. The molecule has 0 atom stereocenters. The van der Waals surface area contributed by atoms with E-state index in [4.69, 9.17) is 39.3 Å². The second kappa shape index (κ2) is 29.8. The highest BCUT2D eigenvalue weighted by molar-refractivity contribution is 7.86. The van der Waals surface area contributed by atoms with Crippen LogP contribution in [0.5, 0.6) is 17.2 Å². The molecule has 438 valence electrons. The summed E-state index contributed by atoms with van der Waals surface area (Å²) in [6.07, 6.45) is 0.692. The van der Waals surface area contributed by atoms with Crippen molar-refractivity contribution < 1.29 is 65.8 Å². The van der Waals surface area contributed by atoms with Gasteiger partial charge in [0.25, 0.3) is 20.2 Å². The first-order valence-corrected chi connectivity index (χ1v) is 30.4. The van der Waals surface area contributed by atoms with Gasteiger partial charge in [-0.25, -0.2) is 0 Å². The average Bonchev–Trinajstić information content (AvgIpc) is 3.47. The summed E-state index contributed by atoms with van der Waals surface area (Å²) in [6.45, 7) is 9.62. The maximum atomic E-state index is 11.5. The van der Waals surface area contributed by atoms with Gasteiger partial charge in [-0.3, -0.25) is 9.11 Å². The largest absolute Gasteiger partial charge is 0.505 e. The number of para-hydroxylation sites is 1. The number of fused-ring (bicyclic) bond motifs is 2.